The molecule has 0 saturated carbocycles. The van der Waals surface area contributed by atoms with Crippen molar-refractivity contribution >= 4 is 41.5 Å². The zero-order valence-corrected chi connectivity index (χ0v) is 20.6. The minimum Gasteiger partial charge on any atom is -0.469 e. The molecule has 2 aromatic rings. The van der Waals surface area contributed by atoms with Gasteiger partial charge in [-0.05, 0) is 43.0 Å². The van der Waals surface area contributed by atoms with Gasteiger partial charge in [0.15, 0.2) is 5.96 Å². The summed E-state index contributed by atoms with van der Waals surface area (Å²) in [4.78, 5) is 24.4. The minimum atomic E-state index is -0.0206. The molecule has 1 aliphatic heterocycles. The van der Waals surface area contributed by atoms with Gasteiger partial charge in [-0.3, -0.25) is 9.78 Å². The predicted molar refractivity (Wildman–Crippen MR) is 134 cm³/mol. The third-order valence-electron chi connectivity index (χ3n) is 5.32. The average molecular weight is 540 g/mol. The smallest absolute Gasteiger partial charge is 0.243 e. The Bertz CT molecular complexity index is 790. The lowest BCUT2D eigenvalue weighted by Gasteiger charge is -2.33. The van der Waals surface area contributed by atoms with E-state index >= 15 is 0 Å². The highest BCUT2D eigenvalue weighted by atomic mass is 127. The predicted octanol–water partition coefficient (Wildman–Crippen LogP) is 2.38. The van der Waals surface area contributed by atoms with Gasteiger partial charge in [0.1, 0.15) is 12.3 Å². The number of anilines is 1. The van der Waals surface area contributed by atoms with Crippen LogP contribution in [0.3, 0.4) is 0 Å². The maximum atomic E-state index is 11.9. The van der Waals surface area contributed by atoms with Gasteiger partial charge in [-0.2, -0.15) is 0 Å². The van der Waals surface area contributed by atoms with Crippen LogP contribution in [0, 0.1) is 5.92 Å². The number of furan rings is 1. The summed E-state index contributed by atoms with van der Waals surface area (Å²) in [6.45, 7) is 3.73. The van der Waals surface area contributed by atoms with Crippen LogP contribution in [0.15, 0.2) is 52.3 Å². The van der Waals surface area contributed by atoms with Gasteiger partial charge >= 0.3 is 0 Å². The van der Waals surface area contributed by atoms with Gasteiger partial charge in [-0.15, -0.1) is 24.0 Å². The van der Waals surface area contributed by atoms with Crippen LogP contribution in [0.25, 0.3) is 0 Å². The van der Waals surface area contributed by atoms with E-state index in [-0.39, 0.29) is 36.4 Å². The number of nitrogens with zero attached hydrogens (tertiary/aromatic N) is 4. The van der Waals surface area contributed by atoms with Crippen molar-refractivity contribution in [3.05, 3.63) is 48.7 Å². The van der Waals surface area contributed by atoms with Crippen molar-refractivity contribution in [3.8, 4) is 0 Å². The largest absolute Gasteiger partial charge is 0.469 e. The second-order valence-corrected chi connectivity index (χ2v) is 7.73. The highest BCUT2D eigenvalue weighted by molar-refractivity contribution is 14.0. The second kappa shape index (κ2) is 13.2. The fraction of sp³-hybridized carbons (Fsp3) is 0.500. The summed E-state index contributed by atoms with van der Waals surface area (Å²) in [5.74, 6) is 2.15. The lowest BCUT2D eigenvalue weighted by Crippen LogP contribution is -2.44. The van der Waals surface area contributed by atoms with Crippen LogP contribution < -0.4 is 15.5 Å². The third kappa shape index (κ3) is 8.39. The Morgan fingerprint density at radius 2 is 1.97 bits per heavy atom. The highest BCUT2D eigenvalue weighted by Crippen LogP contribution is 2.22. The Kier molecular flexibility index (Phi) is 10.6. The molecule has 2 aromatic heterocycles. The van der Waals surface area contributed by atoms with Crippen molar-refractivity contribution in [1.82, 2.24) is 20.5 Å². The number of amides is 1. The first-order valence-corrected chi connectivity index (χ1v) is 10.5. The zero-order chi connectivity index (χ0) is 21.2. The monoisotopic (exact) mass is 540 g/mol. The molecule has 0 unspecified atom stereocenters. The number of likely N-dealkylation sites (N-methyl/N-ethyl adjacent to an activating group) is 1. The average Bonchev–Trinajstić information content (AvgIpc) is 3.29. The summed E-state index contributed by atoms with van der Waals surface area (Å²) in [5, 5.41) is 6.74. The van der Waals surface area contributed by atoms with Crippen LogP contribution in [0.1, 0.15) is 18.6 Å². The molecule has 0 radical (unpaired) electrons. The zero-order valence-electron chi connectivity index (χ0n) is 18.3. The summed E-state index contributed by atoms with van der Waals surface area (Å²) >= 11 is 0. The second-order valence-electron chi connectivity index (χ2n) is 7.73. The van der Waals surface area contributed by atoms with E-state index in [0.717, 1.165) is 44.7 Å². The number of nitrogens with one attached hydrogen (secondary N) is 2. The van der Waals surface area contributed by atoms with Crippen LogP contribution in [-0.4, -0.2) is 68.6 Å². The molecule has 0 aliphatic carbocycles. The molecule has 1 amide bonds. The van der Waals surface area contributed by atoms with E-state index in [1.807, 2.05) is 24.5 Å². The van der Waals surface area contributed by atoms with Crippen molar-refractivity contribution in [2.24, 2.45) is 10.9 Å². The fourth-order valence-electron chi connectivity index (χ4n) is 3.41. The summed E-state index contributed by atoms with van der Waals surface area (Å²) in [7, 11) is 3.48. The van der Waals surface area contributed by atoms with Gasteiger partial charge in [0.25, 0.3) is 0 Å². The van der Waals surface area contributed by atoms with Gasteiger partial charge in [0, 0.05) is 64.8 Å². The van der Waals surface area contributed by atoms with Gasteiger partial charge in [-0.25, -0.2) is 4.99 Å². The molecule has 0 atom stereocenters. The number of carbonyl (C=O) groups is 1. The standard InChI is InChI=1S/C22H32N6O2.HI/c1-27(2)21(29)17-26-22(24-12-7-20-4-3-15-30-20)25-16-18-8-13-28(14-9-18)19-5-10-23-11-6-19;/h3-6,10-11,15,18H,7-9,12-14,16-17H2,1-2H3,(H2,24,25,26);1H. The summed E-state index contributed by atoms with van der Waals surface area (Å²) in [6.07, 6.45) is 8.36. The molecule has 1 saturated heterocycles. The molecule has 0 spiro atoms. The molecule has 3 rings (SSSR count). The molecule has 8 nitrogen and oxygen atoms in total. The lowest BCUT2D eigenvalue weighted by atomic mass is 9.96. The Hall–Kier alpha value is -2.30. The molecular formula is C22H33IN6O2. The number of piperidine rings is 1. The fourth-order valence-corrected chi connectivity index (χ4v) is 3.41. The first-order valence-electron chi connectivity index (χ1n) is 10.5. The van der Waals surface area contributed by atoms with E-state index in [0.29, 0.717) is 18.4 Å². The molecule has 9 heteroatoms. The van der Waals surface area contributed by atoms with Gasteiger partial charge in [0.2, 0.25) is 5.91 Å². The number of hydrogen-bond acceptors (Lipinski definition) is 5. The number of halogens is 1. The minimum absolute atomic E-state index is 0. The number of pyridine rings is 1. The molecule has 2 N–H and O–H groups in total. The van der Waals surface area contributed by atoms with Crippen molar-refractivity contribution < 1.29 is 9.21 Å². The first kappa shape index (κ1) is 25.0. The van der Waals surface area contributed by atoms with Crippen molar-refractivity contribution in [2.75, 3.05) is 51.7 Å². The van der Waals surface area contributed by atoms with E-state index in [2.05, 4.69) is 37.6 Å². The SMILES string of the molecule is CN(C)C(=O)CN=C(NCCc1ccco1)NCC1CCN(c2ccncc2)CC1.I. The molecule has 170 valence electrons. The Morgan fingerprint density at radius 3 is 2.61 bits per heavy atom. The summed E-state index contributed by atoms with van der Waals surface area (Å²) in [6, 6.07) is 7.97. The highest BCUT2D eigenvalue weighted by Gasteiger charge is 2.19. The van der Waals surface area contributed by atoms with Gasteiger partial charge < -0.3 is 24.9 Å². The number of carbonyl (C=O) groups excluding carboxylic acids is 1. The molecule has 31 heavy (non-hydrogen) atoms. The van der Waals surface area contributed by atoms with E-state index in [1.165, 1.54) is 5.69 Å². The van der Waals surface area contributed by atoms with Crippen LogP contribution in [0.4, 0.5) is 5.69 Å². The van der Waals surface area contributed by atoms with Crippen molar-refractivity contribution in [1.29, 1.82) is 0 Å². The normalized spacial score (nSPS) is 14.6. The van der Waals surface area contributed by atoms with Gasteiger partial charge in [0.05, 0.1) is 6.26 Å². The number of hydrogen-bond donors (Lipinski definition) is 2. The Labute approximate surface area is 201 Å². The van der Waals surface area contributed by atoms with E-state index in [1.54, 1.807) is 25.3 Å². The van der Waals surface area contributed by atoms with E-state index < -0.39 is 0 Å². The van der Waals surface area contributed by atoms with E-state index in [9.17, 15) is 4.79 Å². The van der Waals surface area contributed by atoms with E-state index in [4.69, 9.17) is 4.42 Å². The third-order valence-corrected chi connectivity index (χ3v) is 5.32. The molecule has 1 aliphatic rings. The van der Waals surface area contributed by atoms with Gasteiger partial charge in [-0.1, -0.05) is 0 Å². The Morgan fingerprint density at radius 1 is 1.23 bits per heavy atom. The molecule has 0 bridgehead atoms. The maximum absolute atomic E-state index is 11.9. The molecule has 3 heterocycles. The molecule has 0 aromatic carbocycles. The lowest BCUT2D eigenvalue weighted by molar-refractivity contribution is -0.127. The molecular weight excluding hydrogens is 507 g/mol. The number of aromatic nitrogens is 1. The summed E-state index contributed by atoms with van der Waals surface area (Å²) < 4.78 is 5.38. The maximum Gasteiger partial charge on any atom is 0.243 e. The number of rotatable bonds is 8. The summed E-state index contributed by atoms with van der Waals surface area (Å²) in [5.41, 5.74) is 1.24. The van der Waals surface area contributed by atoms with Crippen LogP contribution in [0.5, 0.6) is 0 Å². The quantitative estimate of drug-likeness (QED) is 0.304. The van der Waals surface area contributed by atoms with Crippen LogP contribution in [0.2, 0.25) is 0 Å². The van der Waals surface area contributed by atoms with Crippen LogP contribution >= 0.6 is 24.0 Å². The number of aliphatic imine (C=N–C) groups is 1. The first-order chi connectivity index (χ1) is 14.6. The van der Waals surface area contributed by atoms with Crippen molar-refractivity contribution in [2.45, 2.75) is 19.3 Å². The van der Waals surface area contributed by atoms with Crippen molar-refractivity contribution in [3.63, 3.8) is 0 Å². The molecule has 1 fully saturated rings. The number of guanidine groups is 1. The Balaban J connectivity index is 0.00000341. The van der Waals surface area contributed by atoms with Crippen LogP contribution in [-0.2, 0) is 11.2 Å². The topological polar surface area (TPSA) is 86.0 Å².